The van der Waals surface area contributed by atoms with Gasteiger partial charge in [-0.25, -0.2) is 0 Å². The molecule has 1 fully saturated rings. The quantitative estimate of drug-likeness (QED) is 0.665. The van der Waals surface area contributed by atoms with E-state index in [1.165, 1.54) is 0 Å². The van der Waals surface area contributed by atoms with Crippen molar-refractivity contribution in [3.8, 4) is 11.5 Å². The largest absolute Gasteiger partial charge is 0.493 e. The van der Waals surface area contributed by atoms with Gasteiger partial charge in [0.25, 0.3) is 5.91 Å². The summed E-state index contributed by atoms with van der Waals surface area (Å²) in [7, 11) is 1.61. The Hall–Kier alpha value is -2.73. The Bertz CT molecular complexity index is 893. The molecule has 7 heteroatoms. The van der Waals surface area contributed by atoms with Gasteiger partial charge >= 0.3 is 0 Å². The summed E-state index contributed by atoms with van der Waals surface area (Å²) in [4.78, 5) is 26.8. The van der Waals surface area contributed by atoms with Gasteiger partial charge in [-0.05, 0) is 68.1 Å². The number of amides is 2. The first-order chi connectivity index (χ1) is 15.0. The van der Waals surface area contributed by atoms with Crippen LogP contribution in [-0.4, -0.2) is 49.6 Å². The van der Waals surface area contributed by atoms with Gasteiger partial charge in [-0.15, -0.1) is 0 Å². The molecule has 0 aliphatic carbocycles. The number of benzene rings is 2. The predicted molar refractivity (Wildman–Crippen MR) is 121 cm³/mol. The summed E-state index contributed by atoms with van der Waals surface area (Å²) in [5.41, 5.74) is 1.66. The van der Waals surface area contributed by atoms with Gasteiger partial charge in [-0.1, -0.05) is 17.7 Å². The van der Waals surface area contributed by atoms with E-state index in [1.54, 1.807) is 31.4 Å². The lowest BCUT2D eigenvalue weighted by Gasteiger charge is -2.32. The van der Waals surface area contributed by atoms with Gasteiger partial charge in [0.1, 0.15) is 0 Å². The molecule has 0 atom stereocenters. The van der Waals surface area contributed by atoms with Gasteiger partial charge in [0.05, 0.1) is 13.7 Å². The summed E-state index contributed by atoms with van der Waals surface area (Å²) < 4.78 is 10.9. The molecule has 0 aromatic heterocycles. The van der Waals surface area contributed by atoms with Gasteiger partial charge < -0.3 is 19.7 Å². The minimum atomic E-state index is 0.00545. The van der Waals surface area contributed by atoms with E-state index in [-0.39, 0.29) is 17.9 Å². The third-order valence-electron chi connectivity index (χ3n) is 5.41. The first-order valence-electron chi connectivity index (χ1n) is 10.6. The van der Waals surface area contributed by atoms with E-state index >= 15 is 0 Å². The SMILES string of the molecule is CCOc1ccc(CCC(=O)NC2CCN(C(=O)c3ccc(Cl)cc3)CC2)cc1OC. The first kappa shape index (κ1) is 22.9. The van der Waals surface area contributed by atoms with Gasteiger partial charge in [-0.2, -0.15) is 0 Å². The van der Waals surface area contributed by atoms with Crippen molar-refractivity contribution in [2.75, 3.05) is 26.8 Å². The van der Waals surface area contributed by atoms with Crippen molar-refractivity contribution >= 4 is 23.4 Å². The summed E-state index contributed by atoms with van der Waals surface area (Å²) in [5, 5.41) is 3.72. The molecule has 0 unspecified atom stereocenters. The fourth-order valence-electron chi connectivity index (χ4n) is 3.70. The van der Waals surface area contributed by atoms with Gasteiger partial charge in [0, 0.05) is 36.1 Å². The average Bonchev–Trinajstić information content (AvgIpc) is 2.79. The summed E-state index contributed by atoms with van der Waals surface area (Å²) in [5.74, 6) is 1.41. The number of halogens is 1. The highest BCUT2D eigenvalue weighted by molar-refractivity contribution is 6.30. The summed E-state index contributed by atoms with van der Waals surface area (Å²) in [6, 6.07) is 12.8. The Morgan fingerprint density at radius 3 is 2.45 bits per heavy atom. The molecule has 3 rings (SSSR count). The zero-order valence-corrected chi connectivity index (χ0v) is 18.8. The summed E-state index contributed by atoms with van der Waals surface area (Å²) in [6.07, 6.45) is 2.54. The molecule has 0 saturated carbocycles. The molecule has 0 bridgehead atoms. The number of carbonyl (C=O) groups is 2. The third kappa shape index (κ3) is 6.37. The van der Waals surface area contributed by atoms with Crippen LogP contribution in [0.15, 0.2) is 42.5 Å². The van der Waals surface area contributed by atoms with Crippen molar-refractivity contribution in [3.05, 3.63) is 58.6 Å². The van der Waals surface area contributed by atoms with E-state index in [4.69, 9.17) is 21.1 Å². The minimum absolute atomic E-state index is 0.00545. The maximum Gasteiger partial charge on any atom is 0.253 e. The molecule has 0 radical (unpaired) electrons. The number of methoxy groups -OCH3 is 1. The number of piperidine rings is 1. The number of rotatable bonds is 8. The van der Waals surface area contributed by atoms with E-state index in [0.717, 1.165) is 18.4 Å². The highest BCUT2D eigenvalue weighted by Gasteiger charge is 2.24. The molecule has 2 aromatic carbocycles. The minimum Gasteiger partial charge on any atom is -0.493 e. The van der Waals surface area contributed by atoms with Gasteiger partial charge in [0.15, 0.2) is 11.5 Å². The molecule has 31 heavy (non-hydrogen) atoms. The van der Waals surface area contributed by atoms with Crippen molar-refractivity contribution in [1.29, 1.82) is 0 Å². The molecule has 2 aromatic rings. The molecule has 1 saturated heterocycles. The zero-order chi connectivity index (χ0) is 22.2. The maximum absolute atomic E-state index is 12.6. The summed E-state index contributed by atoms with van der Waals surface area (Å²) in [6.45, 7) is 3.75. The highest BCUT2D eigenvalue weighted by Crippen LogP contribution is 2.28. The molecule has 1 aliphatic rings. The Kier molecular flexibility index (Phi) is 8.18. The van der Waals surface area contributed by atoms with Crippen LogP contribution in [-0.2, 0) is 11.2 Å². The van der Waals surface area contributed by atoms with Crippen molar-refractivity contribution < 1.29 is 19.1 Å². The van der Waals surface area contributed by atoms with Crippen LogP contribution in [0.4, 0.5) is 0 Å². The molecule has 166 valence electrons. The van der Waals surface area contributed by atoms with E-state index in [9.17, 15) is 9.59 Å². The van der Waals surface area contributed by atoms with Crippen molar-refractivity contribution in [1.82, 2.24) is 10.2 Å². The van der Waals surface area contributed by atoms with Crippen LogP contribution in [0.2, 0.25) is 5.02 Å². The van der Waals surface area contributed by atoms with Crippen molar-refractivity contribution in [3.63, 3.8) is 0 Å². The molecule has 1 heterocycles. The Morgan fingerprint density at radius 1 is 1.10 bits per heavy atom. The van der Waals surface area contributed by atoms with Gasteiger partial charge in [-0.3, -0.25) is 9.59 Å². The van der Waals surface area contributed by atoms with Crippen LogP contribution >= 0.6 is 11.6 Å². The molecule has 6 nitrogen and oxygen atoms in total. The monoisotopic (exact) mass is 444 g/mol. The second-order valence-corrected chi connectivity index (χ2v) is 8.00. The lowest BCUT2D eigenvalue weighted by Crippen LogP contribution is -2.46. The van der Waals surface area contributed by atoms with E-state index < -0.39 is 0 Å². The van der Waals surface area contributed by atoms with Gasteiger partial charge in [0.2, 0.25) is 5.91 Å². The number of nitrogens with one attached hydrogen (secondary N) is 1. The Morgan fingerprint density at radius 2 is 1.81 bits per heavy atom. The number of nitrogens with zero attached hydrogens (tertiary/aromatic N) is 1. The fraction of sp³-hybridized carbons (Fsp3) is 0.417. The Labute approximate surface area is 188 Å². The number of aryl methyl sites for hydroxylation is 1. The number of ether oxygens (including phenoxy) is 2. The van der Waals surface area contributed by atoms with Crippen LogP contribution in [0.1, 0.15) is 42.1 Å². The van der Waals surface area contributed by atoms with Crippen LogP contribution < -0.4 is 14.8 Å². The lowest BCUT2D eigenvalue weighted by molar-refractivity contribution is -0.122. The highest BCUT2D eigenvalue weighted by atomic mass is 35.5. The summed E-state index contributed by atoms with van der Waals surface area (Å²) >= 11 is 5.89. The smallest absolute Gasteiger partial charge is 0.253 e. The normalized spacial score (nSPS) is 14.2. The van der Waals surface area contributed by atoms with Crippen LogP contribution in [0.5, 0.6) is 11.5 Å². The molecule has 2 amide bonds. The topological polar surface area (TPSA) is 67.9 Å². The molecular formula is C24H29ClN2O4. The lowest BCUT2D eigenvalue weighted by atomic mass is 10.0. The van der Waals surface area contributed by atoms with Crippen LogP contribution in [0.25, 0.3) is 0 Å². The molecule has 0 spiro atoms. The van der Waals surface area contributed by atoms with Crippen molar-refractivity contribution in [2.24, 2.45) is 0 Å². The predicted octanol–water partition coefficient (Wildman–Crippen LogP) is 4.10. The van der Waals surface area contributed by atoms with E-state index in [1.807, 2.05) is 30.0 Å². The molecular weight excluding hydrogens is 416 g/mol. The number of hydrogen-bond acceptors (Lipinski definition) is 4. The number of likely N-dealkylation sites (tertiary alicyclic amines) is 1. The second kappa shape index (κ2) is 11.0. The standard InChI is InChI=1S/C24H29ClN2O4/c1-3-31-21-10-4-17(16-22(21)30-2)5-11-23(28)26-20-12-14-27(15-13-20)24(29)18-6-8-19(25)9-7-18/h4,6-10,16,20H,3,5,11-15H2,1-2H3,(H,26,28). The average molecular weight is 445 g/mol. The van der Waals surface area contributed by atoms with Crippen LogP contribution in [0, 0.1) is 0 Å². The van der Waals surface area contributed by atoms with E-state index in [0.29, 0.717) is 54.6 Å². The number of hydrogen-bond donors (Lipinski definition) is 1. The molecule has 1 aliphatic heterocycles. The zero-order valence-electron chi connectivity index (χ0n) is 18.0. The van der Waals surface area contributed by atoms with Crippen LogP contribution in [0.3, 0.4) is 0 Å². The maximum atomic E-state index is 12.6. The number of carbonyl (C=O) groups excluding carboxylic acids is 2. The van der Waals surface area contributed by atoms with Crippen molar-refractivity contribution in [2.45, 2.75) is 38.6 Å². The Balaban J connectivity index is 1.44. The molecule has 1 N–H and O–H groups in total. The van der Waals surface area contributed by atoms with E-state index in [2.05, 4.69) is 5.32 Å². The first-order valence-corrected chi connectivity index (χ1v) is 11.0. The second-order valence-electron chi connectivity index (χ2n) is 7.56. The fourth-order valence-corrected chi connectivity index (χ4v) is 3.83. The third-order valence-corrected chi connectivity index (χ3v) is 5.66.